The summed E-state index contributed by atoms with van der Waals surface area (Å²) >= 11 is 0. The van der Waals surface area contributed by atoms with Gasteiger partial charge >= 0.3 is 5.97 Å². The fraction of sp³-hybridized carbons (Fsp3) is 0.846. The summed E-state index contributed by atoms with van der Waals surface area (Å²) in [5, 5.41) is 0. The molecule has 0 saturated carbocycles. The van der Waals surface area contributed by atoms with E-state index < -0.39 is 5.97 Å². The Morgan fingerprint density at radius 3 is 1.83 bits per heavy atom. The Kier molecular flexibility index (Phi) is 19.4. The van der Waals surface area contributed by atoms with E-state index in [4.69, 9.17) is 4.74 Å². The second-order valence-electron chi connectivity index (χ2n) is 8.95. The molecule has 170 valence electrons. The number of unbranched alkanes of at least 4 members (excludes halogenated alkanes) is 11. The number of hydrogen-bond donors (Lipinski definition) is 0. The van der Waals surface area contributed by atoms with Crippen LogP contribution in [-0.4, -0.2) is 18.4 Å². The summed E-state index contributed by atoms with van der Waals surface area (Å²) in [6.07, 6.45) is 20.7. The second-order valence-corrected chi connectivity index (χ2v) is 8.95. The number of carbonyl (C=O) groups is 2. The van der Waals surface area contributed by atoms with E-state index in [0.717, 1.165) is 32.1 Å². The fourth-order valence-electron chi connectivity index (χ4n) is 3.46. The number of allylic oxidation sites excluding steroid dienone is 2. The first-order valence-corrected chi connectivity index (χ1v) is 12.3. The third kappa shape index (κ3) is 19.9. The molecule has 3 nitrogen and oxygen atoms in total. The van der Waals surface area contributed by atoms with E-state index in [-0.39, 0.29) is 5.78 Å². The largest absolute Gasteiger partial charge is 0.460 e. The second kappa shape index (κ2) is 20.2. The first-order valence-electron chi connectivity index (χ1n) is 12.3. The van der Waals surface area contributed by atoms with Crippen LogP contribution in [0.25, 0.3) is 0 Å². The van der Waals surface area contributed by atoms with Gasteiger partial charge in [-0.05, 0) is 45.4 Å². The molecule has 0 aliphatic rings. The standard InChI is InChI=1S/C26H48O3/c1-5-6-7-8-9-10-11-12-13-14-15-16-20-25(27)26(28)29-22-21-24(4)19-17-18-23(2)3/h18,24H,5-17,19-22H2,1-4H3/t24-/m0/s1. The van der Waals surface area contributed by atoms with Gasteiger partial charge in [0.2, 0.25) is 5.78 Å². The Hall–Kier alpha value is -1.12. The first kappa shape index (κ1) is 27.9. The molecule has 0 aromatic carbocycles. The Labute approximate surface area is 181 Å². The molecule has 0 spiro atoms. The van der Waals surface area contributed by atoms with Crippen molar-refractivity contribution < 1.29 is 14.3 Å². The van der Waals surface area contributed by atoms with Gasteiger partial charge in [-0.15, -0.1) is 0 Å². The van der Waals surface area contributed by atoms with Gasteiger partial charge < -0.3 is 4.74 Å². The number of rotatable bonds is 20. The summed E-state index contributed by atoms with van der Waals surface area (Å²) in [5.74, 6) is -0.483. The van der Waals surface area contributed by atoms with Crippen LogP contribution >= 0.6 is 0 Å². The Balaban J connectivity index is 3.49. The van der Waals surface area contributed by atoms with E-state index in [1.54, 1.807) is 0 Å². The molecule has 29 heavy (non-hydrogen) atoms. The van der Waals surface area contributed by atoms with Crippen LogP contribution in [-0.2, 0) is 14.3 Å². The molecule has 0 N–H and O–H groups in total. The molecule has 0 radical (unpaired) electrons. The van der Waals surface area contributed by atoms with Crippen molar-refractivity contribution in [1.82, 2.24) is 0 Å². The Morgan fingerprint density at radius 1 is 0.793 bits per heavy atom. The summed E-state index contributed by atoms with van der Waals surface area (Å²) in [5.41, 5.74) is 1.34. The van der Waals surface area contributed by atoms with E-state index in [2.05, 4.69) is 33.8 Å². The molecule has 1 atom stereocenters. The van der Waals surface area contributed by atoms with Crippen molar-refractivity contribution in [1.29, 1.82) is 0 Å². The van der Waals surface area contributed by atoms with Crippen molar-refractivity contribution in [3.63, 3.8) is 0 Å². The first-order chi connectivity index (χ1) is 14.0. The predicted octanol–water partition coefficient (Wildman–Crippen LogP) is 7.96. The number of Topliss-reactive ketones (excluding diaryl/α,β-unsaturated/α-hetero) is 1. The van der Waals surface area contributed by atoms with Gasteiger partial charge in [-0.2, -0.15) is 0 Å². The van der Waals surface area contributed by atoms with Crippen LogP contribution in [0.1, 0.15) is 130 Å². The van der Waals surface area contributed by atoms with Crippen LogP contribution in [0.3, 0.4) is 0 Å². The highest BCUT2D eigenvalue weighted by Crippen LogP contribution is 2.14. The SMILES string of the molecule is CCCCCCCCCCCCCCC(=O)C(=O)OCC[C@@H](C)CCC=C(C)C. The van der Waals surface area contributed by atoms with Gasteiger partial charge in [0.25, 0.3) is 0 Å². The molecule has 0 aliphatic heterocycles. The van der Waals surface area contributed by atoms with Crippen molar-refractivity contribution in [3.8, 4) is 0 Å². The molecule has 0 bridgehead atoms. The van der Waals surface area contributed by atoms with Gasteiger partial charge in [-0.25, -0.2) is 4.79 Å². The summed E-state index contributed by atoms with van der Waals surface area (Å²) in [4.78, 5) is 23.6. The lowest BCUT2D eigenvalue weighted by atomic mass is 10.0. The predicted molar refractivity (Wildman–Crippen MR) is 124 cm³/mol. The summed E-state index contributed by atoms with van der Waals surface area (Å²) < 4.78 is 5.16. The zero-order chi connectivity index (χ0) is 21.7. The minimum Gasteiger partial charge on any atom is -0.460 e. The smallest absolute Gasteiger partial charge is 0.374 e. The van der Waals surface area contributed by atoms with Gasteiger partial charge in [0.1, 0.15) is 0 Å². The van der Waals surface area contributed by atoms with E-state index in [0.29, 0.717) is 18.9 Å². The maximum absolute atomic E-state index is 11.9. The zero-order valence-electron chi connectivity index (χ0n) is 19.9. The molecular formula is C26H48O3. The average Bonchev–Trinajstić information content (AvgIpc) is 2.68. The highest BCUT2D eigenvalue weighted by molar-refractivity contribution is 6.33. The van der Waals surface area contributed by atoms with Crippen molar-refractivity contribution in [2.45, 2.75) is 130 Å². The highest BCUT2D eigenvalue weighted by atomic mass is 16.5. The molecule has 0 heterocycles. The maximum Gasteiger partial charge on any atom is 0.374 e. The Bertz CT molecular complexity index is 435. The molecule has 0 aromatic rings. The molecule has 0 fully saturated rings. The molecule has 0 amide bonds. The van der Waals surface area contributed by atoms with Gasteiger partial charge in [-0.3, -0.25) is 4.79 Å². The molecule has 0 rings (SSSR count). The summed E-state index contributed by atoms with van der Waals surface area (Å²) in [6.45, 7) is 9.00. The van der Waals surface area contributed by atoms with Crippen molar-refractivity contribution in [2.24, 2.45) is 5.92 Å². The normalized spacial score (nSPS) is 11.9. The van der Waals surface area contributed by atoms with Crippen LogP contribution < -0.4 is 0 Å². The summed E-state index contributed by atoms with van der Waals surface area (Å²) in [7, 11) is 0. The lowest BCUT2D eigenvalue weighted by Gasteiger charge is -2.10. The van der Waals surface area contributed by atoms with Gasteiger partial charge in [0.15, 0.2) is 0 Å². The number of ketones is 1. The third-order valence-corrected chi connectivity index (χ3v) is 5.54. The molecule has 3 heteroatoms. The average molecular weight is 409 g/mol. The topological polar surface area (TPSA) is 43.4 Å². The minimum absolute atomic E-state index is 0.340. The molecule has 0 aliphatic carbocycles. The van der Waals surface area contributed by atoms with Crippen LogP contribution in [0.5, 0.6) is 0 Å². The van der Waals surface area contributed by atoms with E-state index in [1.807, 2.05) is 0 Å². The fourth-order valence-corrected chi connectivity index (χ4v) is 3.46. The lowest BCUT2D eigenvalue weighted by Crippen LogP contribution is -2.18. The van der Waals surface area contributed by atoms with Crippen LogP contribution in [0.15, 0.2) is 11.6 Å². The van der Waals surface area contributed by atoms with Crippen molar-refractivity contribution in [3.05, 3.63) is 11.6 Å². The van der Waals surface area contributed by atoms with Crippen LogP contribution in [0.2, 0.25) is 0 Å². The Morgan fingerprint density at radius 2 is 1.31 bits per heavy atom. The molecule has 0 unspecified atom stereocenters. The van der Waals surface area contributed by atoms with Crippen LogP contribution in [0, 0.1) is 5.92 Å². The van der Waals surface area contributed by atoms with Crippen molar-refractivity contribution >= 4 is 11.8 Å². The minimum atomic E-state index is -0.635. The monoisotopic (exact) mass is 408 g/mol. The van der Waals surface area contributed by atoms with Crippen molar-refractivity contribution in [2.75, 3.05) is 6.61 Å². The quantitative estimate of drug-likeness (QED) is 0.0888. The van der Waals surface area contributed by atoms with Gasteiger partial charge in [0, 0.05) is 6.42 Å². The van der Waals surface area contributed by atoms with Crippen LogP contribution in [0.4, 0.5) is 0 Å². The molecular weight excluding hydrogens is 360 g/mol. The molecule has 0 saturated heterocycles. The number of carbonyl (C=O) groups excluding carboxylic acids is 2. The van der Waals surface area contributed by atoms with E-state index in [1.165, 1.54) is 69.8 Å². The number of esters is 1. The highest BCUT2D eigenvalue weighted by Gasteiger charge is 2.15. The lowest BCUT2D eigenvalue weighted by molar-refractivity contribution is -0.154. The van der Waals surface area contributed by atoms with E-state index in [9.17, 15) is 9.59 Å². The maximum atomic E-state index is 11.9. The summed E-state index contributed by atoms with van der Waals surface area (Å²) in [6, 6.07) is 0. The number of ether oxygens (including phenoxy) is 1. The molecule has 0 aromatic heterocycles. The third-order valence-electron chi connectivity index (χ3n) is 5.54. The number of hydrogen-bond acceptors (Lipinski definition) is 3. The zero-order valence-corrected chi connectivity index (χ0v) is 19.9. The van der Waals surface area contributed by atoms with E-state index >= 15 is 0 Å². The van der Waals surface area contributed by atoms with Gasteiger partial charge in [0.05, 0.1) is 6.61 Å². The van der Waals surface area contributed by atoms with Gasteiger partial charge in [-0.1, -0.05) is 96.1 Å².